The third-order valence-electron chi connectivity index (χ3n) is 1.49. The number of aliphatic imine (C=N–C) groups is 1. The highest BCUT2D eigenvalue weighted by atomic mass is 16.2. The molecule has 2 heterocycles. The van der Waals surface area contributed by atoms with Gasteiger partial charge in [-0.15, -0.1) is 0 Å². The second kappa shape index (κ2) is 1.88. The maximum atomic E-state index is 11.0. The number of carbonyl (C=O) groups excluding carboxylic acids is 1. The van der Waals surface area contributed by atoms with E-state index < -0.39 is 0 Å². The van der Waals surface area contributed by atoms with Crippen molar-refractivity contribution in [3.05, 3.63) is 24.4 Å². The molecule has 0 fully saturated rings. The minimum absolute atomic E-state index is 0.198. The molecule has 0 aliphatic carbocycles. The van der Waals surface area contributed by atoms with Gasteiger partial charge in [-0.3, -0.25) is 15.1 Å². The van der Waals surface area contributed by atoms with Gasteiger partial charge >= 0.3 is 5.91 Å². The Morgan fingerprint density at radius 1 is 1.45 bits per heavy atom. The summed E-state index contributed by atoms with van der Waals surface area (Å²) in [6, 6.07) is 0. The first-order valence-electron chi connectivity index (χ1n) is 3.15. The second-order valence-electron chi connectivity index (χ2n) is 2.19. The second-order valence-corrected chi connectivity index (χ2v) is 2.19. The molecule has 2 aliphatic rings. The molecule has 11 heavy (non-hydrogen) atoms. The van der Waals surface area contributed by atoms with Crippen LogP contribution in [0.25, 0.3) is 0 Å². The number of fused-ring (bicyclic) bond motifs is 1. The number of carbonyl (C=O) groups is 1. The van der Waals surface area contributed by atoms with Gasteiger partial charge in [-0.1, -0.05) is 6.08 Å². The lowest BCUT2D eigenvalue weighted by Crippen LogP contribution is -2.28. The minimum atomic E-state index is -0.361. The van der Waals surface area contributed by atoms with E-state index in [0.717, 1.165) is 0 Å². The Bertz CT molecular complexity index is 325. The summed E-state index contributed by atoms with van der Waals surface area (Å²) < 4.78 is 0. The van der Waals surface area contributed by atoms with Crippen LogP contribution in [0.4, 0.5) is 0 Å². The number of nitrogens with zero attached hydrogens (tertiary/aromatic N) is 2. The molecule has 0 saturated carbocycles. The van der Waals surface area contributed by atoms with Crippen LogP contribution in [-0.4, -0.2) is 22.5 Å². The molecule has 0 unspecified atom stereocenters. The van der Waals surface area contributed by atoms with Gasteiger partial charge in [-0.05, 0) is 12.2 Å². The van der Waals surface area contributed by atoms with Crippen LogP contribution in [0.3, 0.4) is 0 Å². The average molecular weight is 147 g/mol. The van der Waals surface area contributed by atoms with Crippen molar-refractivity contribution >= 4 is 17.6 Å². The normalized spacial score (nSPS) is 20.7. The SMILES string of the molecule is N=C1N=C2C=CC=CN2C1=O. The van der Waals surface area contributed by atoms with Crippen molar-refractivity contribution in [2.75, 3.05) is 0 Å². The van der Waals surface area contributed by atoms with Gasteiger partial charge in [-0.25, -0.2) is 4.99 Å². The number of nitrogens with one attached hydrogen (secondary N) is 1. The van der Waals surface area contributed by atoms with Gasteiger partial charge in [0.1, 0.15) is 5.84 Å². The molecule has 4 nitrogen and oxygen atoms in total. The molecule has 1 amide bonds. The summed E-state index contributed by atoms with van der Waals surface area (Å²) in [7, 11) is 0. The van der Waals surface area contributed by atoms with Crippen molar-refractivity contribution in [2.45, 2.75) is 0 Å². The van der Waals surface area contributed by atoms with E-state index in [1.54, 1.807) is 24.4 Å². The fourth-order valence-corrected chi connectivity index (χ4v) is 0.973. The number of hydrogen-bond donors (Lipinski definition) is 1. The summed E-state index contributed by atoms with van der Waals surface area (Å²) in [4.78, 5) is 16.1. The predicted molar refractivity (Wildman–Crippen MR) is 40.3 cm³/mol. The summed E-state index contributed by atoms with van der Waals surface area (Å²) in [5, 5.41) is 7.10. The van der Waals surface area contributed by atoms with Crippen molar-refractivity contribution in [3.8, 4) is 0 Å². The molecule has 0 aromatic carbocycles. The number of amidine groups is 2. The van der Waals surface area contributed by atoms with Gasteiger partial charge in [0.2, 0.25) is 5.84 Å². The molecule has 0 bridgehead atoms. The van der Waals surface area contributed by atoms with Crippen LogP contribution in [0.5, 0.6) is 0 Å². The molecule has 0 saturated heterocycles. The van der Waals surface area contributed by atoms with Crippen molar-refractivity contribution in [1.29, 1.82) is 5.41 Å². The van der Waals surface area contributed by atoms with Crippen LogP contribution < -0.4 is 0 Å². The first-order valence-corrected chi connectivity index (χ1v) is 3.15. The molecule has 2 aliphatic heterocycles. The van der Waals surface area contributed by atoms with Crippen molar-refractivity contribution in [1.82, 2.24) is 4.90 Å². The Labute approximate surface area is 63.0 Å². The van der Waals surface area contributed by atoms with E-state index in [2.05, 4.69) is 4.99 Å². The van der Waals surface area contributed by atoms with Crippen LogP contribution in [0.1, 0.15) is 0 Å². The fraction of sp³-hybridized carbons (Fsp3) is 0. The zero-order chi connectivity index (χ0) is 7.84. The number of hydrogen-bond acceptors (Lipinski definition) is 2. The van der Waals surface area contributed by atoms with Crippen LogP contribution in [0, 0.1) is 5.41 Å². The van der Waals surface area contributed by atoms with Gasteiger partial charge in [0.25, 0.3) is 0 Å². The molecule has 4 heteroatoms. The smallest absolute Gasteiger partial charge is 0.278 e. The van der Waals surface area contributed by atoms with E-state index >= 15 is 0 Å². The van der Waals surface area contributed by atoms with Crippen molar-refractivity contribution < 1.29 is 4.79 Å². The summed E-state index contributed by atoms with van der Waals surface area (Å²) in [6.07, 6.45) is 6.80. The molecule has 0 aromatic rings. The summed E-state index contributed by atoms with van der Waals surface area (Å²) >= 11 is 0. The summed E-state index contributed by atoms with van der Waals surface area (Å²) in [6.45, 7) is 0. The van der Waals surface area contributed by atoms with E-state index in [0.29, 0.717) is 5.84 Å². The molecule has 0 atom stereocenters. The Morgan fingerprint density at radius 2 is 2.27 bits per heavy atom. The van der Waals surface area contributed by atoms with E-state index in [4.69, 9.17) is 5.41 Å². The summed E-state index contributed by atoms with van der Waals surface area (Å²) in [5.74, 6) is -0.0284. The van der Waals surface area contributed by atoms with Gasteiger partial charge < -0.3 is 0 Å². The quantitative estimate of drug-likeness (QED) is 0.526. The van der Waals surface area contributed by atoms with Gasteiger partial charge in [-0.2, -0.15) is 0 Å². The number of rotatable bonds is 0. The minimum Gasteiger partial charge on any atom is -0.278 e. The number of amides is 1. The largest absolute Gasteiger partial charge is 0.300 e. The standard InChI is InChI=1S/C7H5N3O/c8-6-7(11)10-4-2-1-3-5(10)9-6/h1-4,8H. The van der Waals surface area contributed by atoms with Crippen LogP contribution in [-0.2, 0) is 4.79 Å². The monoisotopic (exact) mass is 147 g/mol. The van der Waals surface area contributed by atoms with E-state index in [1.165, 1.54) is 4.90 Å². The lowest BCUT2D eigenvalue weighted by molar-refractivity contribution is -0.118. The predicted octanol–water partition coefficient (Wildman–Crippen LogP) is 0.288. The first-order chi connectivity index (χ1) is 5.29. The van der Waals surface area contributed by atoms with Crippen LogP contribution >= 0.6 is 0 Å². The van der Waals surface area contributed by atoms with Crippen molar-refractivity contribution in [2.24, 2.45) is 4.99 Å². The maximum absolute atomic E-state index is 11.0. The molecule has 0 aromatic heterocycles. The average Bonchev–Trinajstić information content (AvgIpc) is 2.30. The molecular weight excluding hydrogens is 142 g/mol. The lowest BCUT2D eigenvalue weighted by Gasteiger charge is -2.11. The zero-order valence-electron chi connectivity index (χ0n) is 5.61. The maximum Gasteiger partial charge on any atom is 0.300 e. The van der Waals surface area contributed by atoms with Crippen LogP contribution in [0.2, 0.25) is 0 Å². The lowest BCUT2D eigenvalue weighted by atomic mass is 10.3. The molecule has 0 spiro atoms. The topological polar surface area (TPSA) is 56.5 Å². The highest BCUT2D eigenvalue weighted by Gasteiger charge is 2.27. The molecule has 54 valence electrons. The fourth-order valence-electron chi connectivity index (χ4n) is 0.973. The molecular formula is C7H5N3O. The summed E-state index contributed by atoms with van der Waals surface area (Å²) in [5.41, 5.74) is 0. The number of allylic oxidation sites excluding steroid dienone is 2. The van der Waals surface area contributed by atoms with Crippen LogP contribution in [0.15, 0.2) is 29.4 Å². The highest BCUT2D eigenvalue weighted by Crippen LogP contribution is 2.10. The third kappa shape index (κ3) is 0.724. The Morgan fingerprint density at radius 3 is 3.00 bits per heavy atom. The Kier molecular flexibility index (Phi) is 1.03. The van der Waals surface area contributed by atoms with E-state index in [9.17, 15) is 4.79 Å². The highest BCUT2D eigenvalue weighted by molar-refractivity contribution is 6.46. The molecule has 1 N–H and O–H groups in total. The Hall–Kier alpha value is -1.71. The van der Waals surface area contributed by atoms with E-state index in [-0.39, 0.29) is 11.7 Å². The van der Waals surface area contributed by atoms with Gasteiger partial charge in [0.15, 0.2) is 0 Å². The van der Waals surface area contributed by atoms with Gasteiger partial charge in [0.05, 0.1) is 0 Å². The van der Waals surface area contributed by atoms with Crippen molar-refractivity contribution in [3.63, 3.8) is 0 Å². The first kappa shape index (κ1) is 6.03. The zero-order valence-corrected chi connectivity index (χ0v) is 5.61. The third-order valence-corrected chi connectivity index (χ3v) is 1.49. The Balaban J connectivity index is 2.47. The molecule has 2 rings (SSSR count). The van der Waals surface area contributed by atoms with E-state index in [1.807, 2.05) is 0 Å². The molecule has 0 radical (unpaired) electrons. The van der Waals surface area contributed by atoms with Gasteiger partial charge in [0, 0.05) is 6.20 Å².